The number of hydrogen-bond donors (Lipinski definition) is 2. The lowest BCUT2D eigenvalue weighted by Crippen LogP contribution is -2.43. The molecule has 0 bridgehead atoms. The summed E-state index contributed by atoms with van der Waals surface area (Å²) in [5.41, 5.74) is 2.57. The van der Waals surface area contributed by atoms with Crippen LogP contribution in [0.5, 0.6) is 0 Å². The maximum absolute atomic E-state index is 12.8. The fraction of sp³-hybridized carbons (Fsp3) is 0.190. The van der Waals surface area contributed by atoms with Crippen LogP contribution in [0.2, 0.25) is 0 Å². The first-order chi connectivity index (χ1) is 13.6. The molecule has 0 saturated heterocycles. The van der Waals surface area contributed by atoms with Crippen molar-refractivity contribution >= 4 is 11.8 Å². The summed E-state index contributed by atoms with van der Waals surface area (Å²) in [4.78, 5) is 39.0. The van der Waals surface area contributed by atoms with E-state index < -0.39 is 0 Å². The molecule has 28 heavy (non-hydrogen) atoms. The topological polar surface area (TPSA) is 87.2 Å². The normalized spacial score (nSPS) is 13.1. The molecule has 1 aromatic heterocycles. The Labute approximate surface area is 161 Å². The van der Waals surface area contributed by atoms with Crippen molar-refractivity contribution in [2.75, 3.05) is 13.1 Å². The molecule has 0 unspecified atom stereocenters. The van der Waals surface area contributed by atoms with Gasteiger partial charge in [0.1, 0.15) is 0 Å². The molecular weight excluding hydrogens is 356 g/mol. The van der Waals surface area contributed by atoms with Crippen molar-refractivity contribution in [3.05, 3.63) is 87.8 Å². The van der Waals surface area contributed by atoms with Crippen LogP contribution in [0.4, 0.5) is 0 Å². The Kier molecular flexibility index (Phi) is 4.80. The van der Waals surface area contributed by atoms with Gasteiger partial charge in [-0.2, -0.15) is 0 Å². The van der Waals surface area contributed by atoms with Crippen LogP contribution in [0.1, 0.15) is 21.6 Å². The zero-order valence-corrected chi connectivity index (χ0v) is 15.2. The number of benzene rings is 2. The number of hydrogen-bond acceptors (Lipinski definition) is 3. The number of nitrogens with one attached hydrogen (secondary N) is 2. The van der Waals surface area contributed by atoms with Crippen molar-refractivity contribution in [3.63, 3.8) is 0 Å². The molecule has 2 heterocycles. The molecule has 0 atom stereocenters. The van der Waals surface area contributed by atoms with Gasteiger partial charge in [-0.25, -0.2) is 4.68 Å². The van der Waals surface area contributed by atoms with Gasteiger partial charge in [0.25, 0.3) is 11.5 Å². The first-order valence-corrected chi connectivity index (χ1v) is 9.12. The Morgan fingerprint density at radius 1 is 1.00 bits per heavy atom. The second-order valence-electron chi connectivity index (χ2n) is 6.66. The van der Waals surface area contributed by atoms with Crippen molar-refractivity contribution in [1.29, 1.82) is 0 Å². The van der Waals surface area contributed by atoms with Crippen molar-refractivity contribution < 1.29 is 9.59 Å². The Hall–Kier alpha value is -3.61. The van der Waals surface area contributed by atoms with Crippen LogP contribution in [0.15, 0.2) is 65.5 Å². The summed E-state index contributed by atoms with van der Waals surface area (Å²) < 4.78 is 1.51. The van der Waals surface area contributed by atoms with Gasteiger partial charge < -0.3 is 10.2 Å². The summed E-state index contributed by atoms with van der Waals surface area (Å²) in [6.07, 6.45) is 0.572. The van der Waals surface area contributed by atoms with E-state index in [1.807, 2.05) is 36.4 Å². The Morgan fingerprint density at radius 2 is 1.68 bits per heavy atom. The molecule has 7 nitrogen and oxygen atoms in total. The lowest BCUT2D eigenvalue weighted by atomic mass is 10.1. The number of para-hydroxylation sites is 1. The zero-order chi connectivity index (χ0) is 19.5. The summed E-state index contributed by atoms with van der Waals surface area (Å²) in [5.74, 6) is -0.499. The fourth-order valence-electron chi connectivity index (χ4n) is 3.33. The molecule has 2 N–H and O–H groups in total. The minimum Gasteiger partial charge on any atom is -0.343 e. The Balaban J connectivity index is 1.44. The van der Waals surface area contributed by atoms with E-state index in [2.05, 4.69) is 10.4 Å². The van der Waals surface area contributed by atoms with Crippen LogP contribution >= 0.6 is 0 Å². The molecule has 0 saturated carbocycles. The van der Waals surface area contributed by atoms with Crippen LogP contribution < -0.4 is 10.9 Å². The second kappa shape index (κ2) is 7.56. The highest BCUT2D eigenvalue weighted by Crippen LogP contribution is 2.16. The number of nitrogens with zero attached hydrogens (tertiary/aromatic N) is 2. The maximum atomic E-state index is 12.8. The molecule has 142 valence electrons. The molecule has 0 aliphatic carbocycles. The number of H-pyrrole nitrogens is 1. The SMILES string of the molecule is O=C(NCC(=O)N1CCc2[nH]n(-c3ccccc3)c(=O)c2C1)c1ccccc1. The first kappa shape index (κ1) is 17.8. The van der Waals surface area contributed by atoms with E-state index in [4.69, 9.17) is 0 Å². The summed E-state index contributed by atoms with van der Waals surface area (Å²) >= 11 is 0. The molecule has 0 radical (unpaired) electrons. The van der Waals surface area contributed by atoms with Gasteiger partial charge in [-0.1, -0.05) is 36.4 Å². The van der Waals surface area contributed by atoms with E-state index >= 15 is 0 Å². The predicted octanol–water partition coefficient (Wildman–Crippen LogP) is 1.48. The minimum absolute atomic E-state index is 0.0969. The predicted molar refractivity (Wildman–Crippen MR) is 104 cm³/mol. The van der Waals surface area contributed by atoms with E-state index in [0.29, 0.717) is 24.1 Å². The third-order valence-corrected chi connectivity index (χ3v) is 4.86. The number of aromatic amines is 1. The highest BCUT2D eigenvalue weighted by atomic mass is 16.2. The Bertz CT molecular complexity index is 1050. The summed E-state index contributed by atoms with van der Waals surface area (Å²) in [7, 11) is 0. The van der Waals surface area contributed by atoms with Crippen molar-refractivity contribution in [2.45, 2.75) is 13.0 Å². The van der Waals surface area contributed by atoms with Gasteiger partial charge >= 0.3 is 0 Å². The van der Waals surface area contributed by atoms with Crippen LogP contribution in [0, 0.1) is 0 Å². The van der Waals surface area contributed by atoms with Gasteiger partial charge in [0.2, 0.25) is 5.91 Å². The van der Waals surface area contributed by atoms with Crippen LogP contribution in [-0.4, -0.2) is 39.6 Å². The second-order valence-corrected chi connectivity index (χ2v) is 6.66. The molecule has 2 amide bonds. The lowest BCUT2D eigenvalue weighted by Gasteiger charge is -2.26. The maximum Gasteiger partial charge on any atom is 0.276 e. The highest BCUT2D eigenvalue weighted by molar-refractivity contribution is 5.96. The van der Waals surface area contributed by atoms with E-state index in [-0.39, 0.29) is 30.5 Å². The summed E-state index contributed by atoms with van der Waals surface area (Å²) in [6, 6.07) is 18.1. The van der Waals surface area contributed by atoms with Crippen LogP contribution in [0.3, 0.4) is 0 Å². The highest BCUT2D eigenvalue weighted by Gasteiger charge is 2.26. The van der Waals surface area contributed by atoms with Crippen molar-refractivity contribution in [1.82, 2.24) is 20.0 Å². The minimum atomic E-state index is -0.292. The standard InChI is InChI=1S/C21H20N4O3/c26-19(13-22-20(27)15-7-3-1-4-8-15)24-12-11-18-17(14-24)21(28)25(23-18)16-9-5-2-6-10-16/h1-10,23H,11-14H2,(H,22,27). The lowest BCUT2D eigenvalue weighted by molar-refractivity contribution is -0.131. The van der Waals surface area contributed by atoms with Crippen molar-refractivity contribution in [3.8, 4) is 5.69 Å². The zero-order valence-electron chi connectivity index (χ0n) is 15.2. The third kappa shape index (κ3) is 3.46. The summed E-state index contributed by atoms with van der Waals surface area (Å²) in [5, 5.41) is 5.79. The van der Waals surface area contributed by atoms with Gasteiger partial charge in [-0.3, -0.25) is 19.5 Å². The van der Waals surface area contributed by atoms with Gasteiger partial charge in [0.05, 0.1) is 24.3 Å². The van der Waals surface area contributed by atoms with E-state index in [1.165, 1.54) is 4.68 Å². The number of fused-ring (bicyclic) bond motifs is 1. The number of amides is 2. The molecular formula is C21H20N4O3. The van der Waals surface area contributed by atoms with Gasteiger partial charge in [0.15, 0.2) is 0 Å². The average molecular weight is 376 g/mol. The molecule has 1 aliphatic heterocycles. The smallest absolute Gasteiger partial charge is 0.276 e. The average Bonchev–Trinajstić information content (AvgIpc) is 3.09. The number of aromatic nitrogens is 2. The van der Waals surface area contributed by atoms with Crippen molar-refractivity contribution in [2.24, 2.45) is 0 Å². The number of carbonyl (C=O) groups excluding carboxylic acids is 2. The third-order valence-electron chi connectivity index (χ3n) is 4.86. The number of rotatable bonds is 4. The van der Waals surface area contributed by atoms with Crippen LogP contribution in [0.25, 0.3) is 5.69 Å². The molecule has 2 aromatic carbocycles. The van der Waals surface area contributed by atoms with Gasteiger partial charge in [-0.15, -0.1) is 0 Å². The Morgan fingerprint density at radius 3 is 2.39 bits per heavy atom. The molecule has 0 fully saturated rings. The molecule has 4 rings (SSSR count). The summed E-state index contributed by atoms with van der Waals surface area (Å²) in [6.45, 7) is 0.646. The first-order valence-electron chi connectivity index (χ1n) is 9.12. The quantitative estimate of drug-likeness (QED) is 0.723. The van der Waals surface area contributed by atoms with E-state index in [9.17, 15) is 14.4 Å². The largest absolute Gasteiger partial charge is 0.343 e. The van der Waals surface area contributed by atoms with E-state index in [0.717, 1.165) is 11.4 Å². The molecule has 1 aliphatic rings. The van der Waals surface area contributed by atoms with E-state index in [1.54, 1.807) is 29.2 Å². The fourth-order valence-corrected chi connectivity index (χ4v) is 3.33. The van der Waals surface area contributed by atoms with Gasteiger partial charge in [-0.05, 0) is 24.3 Å². The van der Waals surface area contributed by atoms with Gasteiger partial charge in [0, 0.05) is 24.2 Å². The molecule has 3 aromatic rings. The monoisotopic (exact) mass is 376 g/mol. The molecule has 7 heteroatoms. The number of carbonyl (C=O) groups is 2. The molecule has 0 spiro atoms. The van der Waals surface area contributed by atoms with Crippen LogP contribution in [-0.2, 0) is 17.8 Å².